The number of alkyl halides is 3. The fraction of sp³-hybridized carbons (Fsp3) is 0.350. The summed E-state index contributed by atoms with van der Waals surface area (Å²) in [5.74, 6) is -0.258. The van der Waals surface area contributed by atoms with E-state index in [0.717, 1.165) is 22.5 Å². The molecule has 3 rings (SSSR count). The molecule has 31 heavy (non-hydrogen) atoms. The summed E-state index contributed by atoms with van der Waals surface area (Å²) in [7, 11) is -3.68. The number of tetrazole rings is 1. The summed E-state index contributed by atoms with van der Waals surface area (Å²) in [5, 5.41) is 12.0. The number of halogens is 3. The van der Waals surface area contributed by atoms with Gasteiger partial charge in [-0.05, 0) is 55.7 Å². The van der Waals surface area contributed by atoms with Crippen LogP contribution in [-0.4, -0.2) is 34.2 Å². The number of sulfonamides is 1. The first-order chi connectivity index (χ1) is 14.3. The lowest BCUT2D eigenvalue weighted by Crippen LogP contribution is -2.42. The Labute approximate surface area is 178 Å². The summed E-state index contributed by atoms with van der Waals surface area (Å²) in [6.07, 6.45) is -4.03. The zero-order chi connectivity index (χ0) is 22.9. The number of benzene rings is 2. The summed E-state index contributed by atoms with van der Waals surface area (Å²) in [5.41, 5.74) is 0.729. The predicted molar refractivity (Wildman–Crippen MR) is 109 cm³/mol. The Morgan fingerprint density at radius 1 is 1.00 bits per heavy atom. The van der Waals surface area contributed by atoms with Gasteiger partial charge in [-0.3, -0.25) is 0 Å². The highest BCUT2D eigenvalue weighted by Crippen LogP contribution is 2.30. The topological polar surface area (TPSA) is 89.8 Å². The normalized spacial score (nSPS) is 12.8. The molecule has 1 N–H and O–H groups in total. The van der Waals surface area contributed by atoms with E-state index in [1.54, 1.807) is 39.0 Å². The van der Waals surface area contributed by atoms with Gasteiger partial charge in [0.2, 0.25) is 15.8 Å². The van der Waals surface area contributed by atoms with Gasteiger partial charge >= 0.3 is 6.18 Å². The van der Waals surface area contributed by atoms with Gasteiger partial charge in [-0.2, -0.15) is 13.2 Å². The summed E-state index contributed by atoms with van der Waals surface area (Å²) in [6, 6.07) is 12.1. The van der Waals surface area contributed by atoms with Gasteiger partial charge in [-0.25, -0.2) is 13.1 Å². The molecule has 0 unspecified atom stereocenters. The van der Waals surface area contributed by atoms with Crippen molar-refractivity contribution in [3.8, 4) is 11.4 Å². The number of nitrogens with one attached hydrogen (secondary N) is 1. The molecule has 0 radical (unpaired) electrons. The minimum atomic E-state index is -4.39. The second kappa shape index (κ2) is 8.39. The first-order valence-electron chi connectivity index (χ1n) is 9.36. The van der Waals surface area contributed by atoms with Crippen LogP contribution in [0.15, 0.2) is 48.5 Å². The largest absolute Gasteiger partial charge is 0.416 e. The Morgan fingerprint density at radius 2 is 1.65 bits per heavy atom. The van der Waals surface area contributed by atoms with E-state index in [1.165, 1.54) is 12.1 Å². The molecule has 7 nitrogen and oxygen atoms in total. The molecule has 0 spiro atoms. The Kier molecular flexibility index (Phi) is 6.19. The molecule has 3 aromatic rings. The van der Waals surface area contributed by atoms with E-state index in [4.69, 9.17) is 0 Å². The van der Waals surface area contributed by atoms with E-state index >= 15 is 0 Å². The van der Waals surface area contributed by atoms with Crippen LogP contribution in [0.2, 0.25) is 0 Å². The van der Waals surface area contributed by atoms with Crippen LogP contribution in [0.25, 0.3) is 11.4 Å². The molecule has 0 aliphatic carbocycles. The number of rotatable bonds is 6. The molecule has 0 saturated heterocycles. The average Bonchev–Trinajstić information content (AvgIpc) is 3.07. The van der Waals surface area contributed by atoms with Crippen LogP contribution >= 0.6 is 0 Å². The Hall–Kier alpha value is -2.79. The third kappa shape index (κ3) is 6.34. The first kappa shape index (κ1) is 22.9. The molecular weight excluding hydrogens is 431 g/mol. The lowest BCUT2D eigenvalue weighted by Gasteiger charge is -2.19. The molecule has 2 aromatic carbocycles. The molecule has 0 aliphatic heterocycles. The van der Waals surface area contributed by atoms with Crippen molar-refractivity contribution in [2.45, 2.75) is 44.8 Å². The van der Waals surface area contributed by atoms with E-state index in [2.05, 4.69) is 20.1 Å². The highest BCUT2D eigenvalue weighted by molar-refractivity contribution is 7.88. The second-order valence-corrected chi connectivity index (χ2v) is 9.80. The van der Waals surface area contributed by atoms with Gasteiger partial charge in [-0.15, -0.1) is 15.0 Å². The molecular formula is C20H22F3N5O2S. The van der Waals surface area contributed by atoms with E-state index < -0.39 is 33.2 Å². The predicted octanol–water partition coefficient (Wildman–Crippen LogP) is 3.63. The second-order valence-electron chi connectivity index (χ2n) is 8.11. The Morgan fingerprint density at radius 3 is 2.26 bits per heavy atom. The first-order valence-corrected chi connectivity index (χ1v) is 11.0. The molecule has 0 bridgehead atoms. The van der Waals surface area contributed by atoms with Crippen molar-refractivity contribution >= 4 is 10.0 Å². The Balaban J connectivity index is 1.81. The molecule has 11 heteroatoms. The fourth-order valence-electron chi connectivity index (χ4n) is 2.98. The quantitative estimate of drug-likeness (QED) is 0.616. The van der Waals surface area contributed by atoms with Gasteiger partial charge in [0, 0.05) is 11.1 Å². The van der Waals surface area contributed by atoms with Crippen molar-refractivity contribution < 1.29 is 21.6 Å². The van der Waals surface area contributed by atoms with Crippen LogP contribution in [0.5, 0.6) is 0 Å². The monoisotopic (exact) mass is 453 g/mol. The van der Waals surface area contributed by atoms with Crippen LogP contribution in [0.1, 0.15) is 37.5 Å². The summed E-state index contributed by atoms with van der Waals surface area (Å²) >= 11 is 0. The molecule has 1 aromatic heterocycles. The lowest BCUT2D eigenvalue weighted by molar-refractivity contribution is -0.137. The van der Waals surface area contributed by atoms with Crippen molar-refractivity contribution in [3.05, 3.63) is 65.2 Å². The van der Waals surface area contributed by atoms with Crippen molar-refractivity contribution in [2.24, 2.45) is 0 Å². The maximum absolute atomic E-state index is 12.8. The van der Waals surface area contributed by atoms with E-state index in [-0.39, 0.29) is 5.82 Å². The molecule has 0 saturated carbocycles. The van der Waals surface area contributed by atoms with Crippen LogP contribution in [0.3, 0.4) is 0 Å². The van der Waals surface area contributed by atoms with Gasteiger partial charge < -0.3 is 0 Å². The number of hydrogen-bond donors (Lipinski definition) is 1. The van der Waals surface area contributed by atoms with Crippen molar-refractivity contribution in [2.75, 3.05) is 0 Å². The highest BCUT2D eigenvalue weighted by Gasteiger charge is 2.30. The third-order valence-corrected chi connectivity index (χ3v) is 5.63. The third-order valence-electron chi connectivity index (χ3n) is 4.13. The Bertz CT molecular complexity index is 1150. The standard InChI is InChI=1S/C20H22F3N5O2S/c1-19(2,3)26-31(29,30)13-28-25-18(24-27-28)17-7-5-4-6-15(17)12-14-8-10-16(11-9-14)20(21,22)23/h4-11,26H,12-13H2,1-3H3. The van der Waals surface area contributed by atoms with Crippen LogP contribution in [0, 0.1) is 0 Å². The zero-order valence-electron chi connectivity index (χ0n) is 17.2. The smallest absolute Gasteiger partial charge is 0.210 e. The molecule has 0 fully saturated rings. The maximum atomic E-state index is 12.8. The number of nitrogens with zero attached hydrogens (tertiary/aromatic N) is 4. The minimum absolute atomic E-state index is 0.230. The van der Waals surface area contributed by atoms with E-state index in [1.807, 2.05) is 6.07 Å². The minimum Gasteiger partial charge on any atom is -0.210 e. The van der Waals surface area contributed by atoms with Gasteiger partial charge in [-0.1, -0.05) is 36.4 Å². The zero-order valence-corrected chi connectivity index (χ0v) is 18.0. The van der Waals surface area contributed by atoms with Crippen molar-refractivity contribution in [1.29, 1.82) is 0 Å². The number of aromatic nitrogens is 4. The summed E-state index contributed by atoms with van der Waals surface area (Å²) in [6.45, 7) is 5.17. The summed E-state index contributed by atoms with van der Waals surface area (Å²) in [4.78, 5) is 0.984. The molecule has 0 amide bonds. The van der Waals surface area contributed by atoms with E-state index in [9.17, 15) is 21.6 Å². The molecule has 0 aliphatic rings. The van der Waals surface area contributed by atoms with Crippen LogP contribution in [-0.2, 0) is 28.5 Å². The molecule has 0 atom stereocenters. The molecule has 166 valence electrons. The van der Waals surface area contributed by atoms with Crippen LogP contribution < -0.4 is 4.72 Å². The van der Waals surface area contributed by atoms with Crippen molar-refractivity contribution in [1.82, 2.24) is 24.9 Å². The average molecular weight is 453 g/mol. The van der Waals surface area contributed by atoms with Gasteiger partial charge in [0.25, 0.3) is 0 Å². The lowest BCUT2D eigenvalue weighted by atomic mass is 9.98. The van der Waals surface area contributed by atoms with Crippen molar-refractivity contribution in [3.63, 3.8) is 0 Å². The SMILES string of the molecule is CC(C)(C)NS(=O)(=O)Cn1nnc(-c2ccccc2Cc2ccc(C(F)(F)F)cc2)n1. The highest BCUT2D eigenvalue weighted by atomic mass is 32.2. The summed E-state index contributed by atoms with van der Waals surface area (Å²) < 4.78 is 65.3. The maximum Gasteiger partial charge on any atom is 0.416 e. The van der Waals surface area contributed by atoms with Gasteiger partial charge in [0.05, 0.1) is 5.56 Å². The number of hydrogen-bond acceptors (Lipinski definition) is 5. The van der Waals surface area contributed by atoms with Crippen LogP contribution in [0.4, 0.5) is 13.2 Å². The van der Waals surface area contributed by atoms with Gasteiger partial charge in [0.1, 0.15) is 0 Å². The van der Waals surface area contributed by atoms with E-state index in [0.29, 0.717) is 17.5 Å². The fourth-order valence-corrected chi connectivity index (χ4v) is 4.39. The van der Waals surface area contributed by atoms with Gasteiger partial charge in [0.15, 0.2) is 5.88 Å². The molecule has 1 heterocycles.